The van der Waals surface area contributed by atoms with Gasteiger partial charge in [0.05, 0.1) is 0 Å². The van der Waals surface area contributed by atoms with Crippen molar-refractivity contribution in [2.24, 2.45) is 11.8 Å². The highest BCUT2D eigenvalue weighted by atomic mass is 14.9. The summed E-state index contributed by atoms with van der Waals surface area (Å²) < 4.78 is 0. The smallest absolute Gasteiger partial charge is 0.00966 e. The normalized spacial score (nSPS) is 15.9. The molecule has 0 amide bonds. The maximum atomic E-state index is 3.61. The lowest BCUT2D eigenvalue weighted by Crippen LogP contribution is -2.38. The van der Waals surface area contributed by atoms with Crippen LogP contribution in [-0.4, -0.2) is 12.1 Å². The van der Waals surface area contributed by atoms with Crippen LogP contribution in [0.25, 0.3) is 0 Å². The molecule has 0 saturated carbocycles. The molecule has 0 rings (SSSR count). The molecule has 1 heteroatoms. The van der Waals surface area contributed by atoms with E-state index in [1.807, 2.05) is 0 Å². The Hall–Kier alpha value is -0.0400. The lowest BCUT2D eigenvalue weighted by molar-refractivity contribution is 0.334. The third-order valence-corrected chi connectivity index (χ3v) is 3.59. The highest BCUT2D eigenvalue weighted by Gasteiger charge is 2.12. The van der Waals surface area contributed by atoms with Crippen molar-refractivity contribution in [1.29, 1.82) is 0 Å². The van der Waals surface area contributed by atoms with E-state index in [4.69, 9.17) is 0 Å². The second-order valence-corrected chi connectivity index (χ2v) is 6.73. The quantitative estimate of drug-likeness (QED) is 0.598. The van der Waals surface area contributed by atoms with Crippen molar-refractivity contribution in [1.82, 2.24) is 5.32 Å². The summed E-state index contributed by atoms with van der Waals surface area (Å²) in [6.07, 6.45) is 8.35. The van der Waals surface area contributed by atoms with Crippen molar-refractivity contribution in [3.8, 4) is 0 Å². The van der Waals surface area contributed by atoms with E-state index in [1.165, 1.54) is 38.5 Å². The zero-order valence-electron chi connectivity index (χ0n) is 13.1. The zero-order valence-corrected chi connectivity index (χ0v) is 13.1. The average Bonchev–Trinajstić information content (AvgIpc) is 2.25. The van der Waals surface area contributed by atoms with E-state index in [2.05, 4.69) is 46.9 Å². The summed E-state index contributed by atoms with van der Waals surface area (Å²) in [7, 11) is 0. The van der Waals surface area contributed by atoms with E-state index < -0.39 is 0 Å². The Balaban J connectivity index is 3.69. The Kier molecular flexibility index (Phi) is 8.94. The molecule has 0 bridgehead atoms. The van der Waals surface area contributed by atoms with Gasteiger partial charge in [0.15, 0.2) is 0 Å². The van der Waals surface area contributed by atoms with Crippen LogP contribution in [0.1, 0.15) is 80.1 Å². The van der Waals surface area contributed by atoms with Gasteiger partial charge in [-0.25, -0.2) is 0 Å². The highest BCUT2D eigenvalue weighted by molar-refractivity contribution is 4.72. The molecule has 0 aliphatic rings. The molecular weight excluding hydrogens is 206 g/mol. The lowest BCUT2D eigenvalue weighted by atomic mass is 9.90. The van der Waals surface area contributed by atoms with E-state index in [0.717, 1.165) is 18.4 Å². The Morgan fingerprint density at radius 3 is 2.12 bits per heavy atom. The number of nitrogens with one attached hydrogen (secondary N) is 1. The van der Waals surface area contributed by atoms with Crippen molar-refractivity contribution < 1.29 is 0 Å². The van der Waals surface area contributed by atoms with Crippen LogP contribution in [0.4, 0.5) is 0 Å². The summed E-state index contributed by atoms with van der Waals surface area (Å²) in [6, 6.07) is 0. The van der Waals surface area contributed by atoms with E-state index in [1.54, 1.807) is 0 Å². The van der Waals surface area contributed by atoms with Crippen LogP contribution in [0.15, 0.2) is 0 Å². The molecule has 0 aliphatic carbocycles. The van der Waals surface area contributed by atoms with Gasteiger partial charge >= 0.3 is 0 Å². The minimum Gasteiger partial charge on any atom is -0.312 e. The van der Waals surface area contributed by atoms with Gasteiger partial charge in [-0.05, 0) is 45.6 Å². The molecule has 0 aromatic rings. The number of hydrogen-bond donors (Lipinski definition) is 1. The second-order valence-electron chi connectivity index (χ2n) is 6.73. The number of rotatable bonds is 9. The average molecular weight is 241 g/mol. The molecule has 0 fully saturated rings. The molecule has 0 spiro atoms. The van der Waals surface area contributed by atoms with Crippen molar-refractivity contribution in [3.63, 3.8) is 0 Å². The number of unbranched alkanes of at least 4 members (excludes halogenated alkanes) is 1. The molecule has 0 aliphatic heterocycles. The predicted octanol–water partition coefficient (Wildman–Crippen LogP) is 5.01. The van der Waals surface area contributed by atoms with E-state index in [-0.39, 0.29) is 5.54 Å². The van der Waals surface area contributed by atoms with Crippen molar-refractivity contribution in [3.05, 3.63) is 0 Å². The third-order valence-electron chi connectivity index (χ3n) is 3.59. The SMILES string of the molecule is CCCCC(CC)CCC(C)CNC(C)(C)C. The summed E-state index contributed by atoms with van der Waals surface area (Å²) in [4.78, 5) is 0. The summed E-state index contributed by atoms with van der Waals surface area (Å²) in [5.74, 6) is 1.77. The van der Waals surface area contributed by atoms with Gasteiger partial charge in [-0.1, -0.05) is 52.9 Å². The van der Waals surface area contributed by atoms with E-state index in [0.29, 0.717) is 0 Å². The van der Waals surface area contributed by atoms with Crippen molar-refractivity contribution in [2.75, 3.05) is 6.54 Å². The van der Waals surface area contributed by atoms with Crippen LogP contribution in [-0.2, 0) is 0 Å². The van der Waals surface area contributed by atoms with Crippen LogP contribution >= 0.6 is 0 Å². The molecule has 2 atom stereocenters. The van der Waals surface area contributed by atoms with Gasteiger partial charge < -0.3 is 5.32 Å². The van der Waals surface area contributed by atoms with E-state index >= 15 is 0 Å². The summed E-state index contributed by atoms with van der Waals surface area (Å²) in [6.45, 7) is 14.9. The summed E-state index contributed by atoms with van der Waals surface area (Å²) in [5, 5.41) is 3.61. The van der Waals surface area contributed by atoms with Gasteiger partial charge in [0.25, 0.3) is 0 Å². The van der Waals surface area contributed by atoms with Gasteiger partial charge in [0, 0.05) is 5.54 Å². The molecule has 0 aromatic carbocycles. The van der Waals surface area contributed by atoms with Gasteiger partial charge in [-0.3, -0.25) is 0 Å². The van der Waals surface area contributed by atoms with Gasteiger partial charge in [-0.2, -0.15) is 0 Å². The first-order valence-electron chi connectivity index (χ1n) is 7.64. The minimum atomic E-state index is 0.265. The molecule has 1 nitrogen and oxygen atoms in total. The zero-order chi connectivity index (χ0) is 13.3. The Labute approximate surface area is 110 Å². The van der Waals surface area contributed by atoms with Crippen LogP contribution in [0, 0.1) is 11.8 Å². The first kappa shape index (κ1) is 17.0. The topological polar surface area (TPSA) is 12.0 Å². The molecule has 104 valence electrons. The molecule has 17 heavy (non-hydrogen) atoms. The fourth-order valence-electron chi connectivity index (χ4n) is 2.15. The van der Waals surface area contributed by atoms with Crippen LogP contribution in [0.2, 0.25) is 0 Å². The molecule has 0 saturated heterocycles. The van der Waals surface area contributed by atoms with Crippen LogP contribution in [0.5, 0.6) is 0 Å². The third kappa shape index (κ3) is 10.8. The fraction of sp³-hybridized carbons (Fsp3) is 1.00. The Morgan fingerprint density at radius 2 is 1.65 bits per heavy atom. The lowest BCUT2D eigenvalue weighted by Gasteiger charge is -2.24. The largest absolute Gasteiger partial charge is 0.312 e. The number of hydrogen-bond acceptors (Lipinski definition) is 1. The van der Waals surface area contributed by atoms with Crippen molar-refractivity contribution in [2.45, 2.75) is 85.6 Å². The van der Waals surface area contributed by atoms with Crippen LogP contribution < -0.4 is 5.32 Å². The molecule has 0 radical (unpaired) electrons. The maximum absolute atomic E-state index is 3.61. The molecule has 0 heterocycles. The second kappa shape index (κ2) is 8.97. The molecular formula is C16H35N. The Morgan fingerprint density at radius 1 is 1.00 bits per heavy atom. The van der Waals surface area contributed by atoms with E-state index in [9.17, 15) is 0 Å². The van der Waals surface area contributed by atoms with Crippen molar-refractivity contribution >= 4 is 0 Å². The first-order chi connectivity index (χ1) is 7.89. The van der Waals surface area contributed by atoms with Gasteiger partial charge in [0.2, 0.25) is 0 Å². The summed E-state index contributed by atoms with van der Waals surface area (Å²) >= 11 is 0. The molecule has 1 N–H and O–H groups in total. The Bertz CT molecular complexity index is 169. The highest BCUT2D eigenvalue weighted by Crippen LogP contribution is 2.21. The molecule has 2 unspecified atom stereocenters. The first-order valence-corrected chi connectivity index (χ1v) is 7.64. The standard InChI is InChI=1S/C16H35N/c1-7-9-10-15(8-2)12-11-14(3)13-17-16(4,5)6/h14-15,17H,7-13H2,1-6H3. The van der Waals surface area contributed by atoms with Gasteiger partial charge in [-0.15, -0.1) is 0 Å². The fourth-order valence-corrected chi connectivity index (χ4v) is 2.15. The summed E-state index contributed by atoms with van der Waals surface area (Å²) in [5.41, 5.74) is 0.265. The predicted molar refractivity (Wildman–Crippen MR) is 79.5 cm³/mol. The van der Waals surface area contributed by atoms with Gasteiger partial charge in [0.1, 0.15) is 0 Å². The minimum absolute atomic E-state index is 0.265. The monoisotopic (exact) mass is 241 g/mol. The maximum Gasteiger partial charge on any atom is 0.00966 e. The molecule has 0 aromatic heterocycles. The van der Waals surface area contributed by atoms with Crippen LogP contribution in [0.3, 0.4) is 0 Å².